The van der Waals surface area contributed by atoms with Crippen LogP contribution >= 0.6 is 45.7 Å². The minimum Gasteiger partial charge on any atom is -0.317 e. The lowest BCUT2D eigenvalue weighted by molar-refractivity contribution is -0.0354. The molecule has 2 unspecified atom stereocenters. The fraction of sp³-hybridized carbons (Fsp3) is 1.00. The van der Waals surface area contributed by atoms with Gasteiger partial charge in [-0.15, -0.1) is 0 Å². The Morgan fingerprint density at radius 1 is 0.909 bits per heavy atom. The first-order valence-electron chi connectivity index (χ1n) is 8.87. The van der Waals surface area contributed by atoms with Crippen molar-refractivity contribution in [2.45, 2.75) is 38.1 Å². The van der Waals surface area contributed by atoms with Gasteiger partial charge < -0.3 is 10.6 Å². The number of halogens is 2. The lowest BCUT2D eigenvalue weighted by atomic mass is 9.59. The van der Waals surface area contributed by atoms with Crippen molar-refractivity contribution in [2.75, 3.05) is 45.8 Å². The second-order valence-electron chi connectivity index (χ2n) is 8.09. The van der Waals surface area contributed by atoms with Crippen LogP contribution in [0.4, 0.5) is 0 Å². The van der Waals surface area contributed by atoms with Crippen molar-refractivity contribution in [3.05, 3.63) is 0 Å². The third kappa shape index (κ3) is 2.98. The number of hydrogen-bond donors (Lipinski definition) is 2. The molecule has 0 aromatic carbocycles. The third-order valence-corrected chi connectivity index (χ3v) is 9.03. The van der Waals surface area contributed by atoms with Crippen molar-refractivity contribution in [3.8, 4) is 0 Å². The summed E-state index contributed by atoms with van der Waals surface area (Å²) in [6.45, 7) is 8.88. The molecule has 0 saturated carbocycles. The van der Waals surface area contributed by atoms with Gasteiger partial charge in [-0.1, -0.05) is 0 Å². The van der Waals surface area contributed by atoms with Crippen LogP contribution in [0.1, 0.15) is 32.1 Å². The van der Waals surface area contributed by atoms with E-state index in [-0.39, 0.29) is 0 Å². The van der Waals surface area contributed by atoms with Crippen LogP contribution in [0.15, 0.2) is 0 Å². The summed E-state index contributed by atoms with van der Waals surface area (Å²) >= 11 is 5.21. The fourth-order valence-electron chi connectivity index (χ4n) is 5.39. The molecule has 0 aliphatic carbocycles. The smallest absolute Gasteiger partial charge is 0.0246 e. The maximum atomic E-state index is 3.60. The molecule has 4 nitrogen and oxygen atoms in total. The Labute approximate surface area is 162 Å². The van der Waals surface area contributed by atoms with Crippen molar-refractivity contribution in [2.24, 2.45) is 16.7 Å². The monoisotopic (exact) mass is 530 g/mol. The van der Waals surface area contributed by atoms with Crippen molar-refractivity contribution in [3.63, 3.8) is 0 Å². The number of nitrogens with one attached hydrogen (secondary N) is 2. The maximum absolute atomic E-state index is 3.60. The largest absolute Gasteiger partial charge is 0.317 e. The molecule has 126 valence electrons. The Morgan fingerprint density at radius 2 is 1.68 bits per heavy atom. The molecule has 4 heterocycles. The number of hydrogen-bond acceptors (Lipinski definition) is 4. The summed E-state index contributed by atoms with van der Waals surface area (Å²) in [6, 6.07) is 0.784. The first-order valence-corrected chi connectivity index (χ1v) is 10.8. The summed E-state index contributed by atoms with van der Waals surface area (Å²) in [6.07, 6.45) is 7.03. The van der Waals surface area contributed by atoms with E-state index in [4.69, 9.17) is 0 Å². The average molecular weight is 530 g/mol. The second kappa shape index (κ2) is 6.55. The minimum absolute atomic E-state index is 0.608. The molecule has 0 radical (unpaired) electrons. The first-order chi connectivity index (χ1) is 10.6. The van der Waals surface area contributed by atoms with Gasteiger partial charge in [0.05, 0.1) is 0 Å². The van der Waals surface area contributed by atoms with Gasteiger partial charge in [0.1, 0.15) is 0 Å². The summed E-state index contributed by atoms with van der Waals surface area (Å²) in [7, 11) is 0. The Bertz CT molecular complexity index is 409. The van der Waals surface area contributed by atoms with Crippen LogP contribution in [0.2, 0.25) is 0 Å². The van der Waals surface area contributed by atoms with E-state index in [0.29, 0.717) is 10.8 Å². The molecule has 2 atom stereocenters. The van der Waals surface area contributed by atoms with Gasteiger partial charge >= 0.3 is 0 Å². The number of rotatable bonds is 1. The highest BCUT2D eigenvalue weighted by molar-refractivity contribution is 14.1. The molecule has 2 N–H and O–H groups in total. The van der Waals surface area contributed by atoms with E-state index >= 15 is 0 Å². The molecule has 0 bridgehead atoms. The fourth-order valence-corrected chi connectivity index (χ4v) is 6.89. The predicted molar refractivity (Wildman–Crippen MR) is 107 cm³/mol. The predicted octanol–water partition coefficient (Wildman–Crippen LogP) is 2.43. The summed E-state index contributed by atoms with van der Waals surface area (Å²) in [4.78, 5) is 0. The van der Waals surface area contributed by atoms with E-state index in [0.717, 1.165) is 12.0 Å². The molecule has 0 aromatic heterocycles. The van der Waals surface area contributed by atoms with Crippen LogP contribution in [0.5, 0.6) is 0 Å². The van der Waals surface area contributed by atoms with Crippen LogP contribution in [0.3, 0.4) is 0 Å². The molecule has 2 spiro atoms. The zero-order chi connectivity index (χ0) is 15.2. The van der Waals surface area contributed by atoms with Crippen molar-refractivity contribution in [1.29, 1.82) is 0 Å². The molecule has 6 heteroatoms. The van der Waals surface area contributed by atoms with E-state index in [1.807, 2.05) is 0 Å². The quantitative estimate of drug-likeness (QED) is 0.403. The highest BCUT2D eigenvalue weighted by atomic mass is 127. The normalized spacial score (nSPS) is 39.0. The Kier molecular flexibility index (Phi) is 4.99. The number of nitrogens with zero attached hydrogens (tertiary/aromatic N) is 2. The van der Waals surface area contributed by atoms with Gasteiger partial charge in [0.15, 0.2) is 0 Å². The maximum Gasteiger partial charge on any atom is 0.0246 e. The van der Waals surface area contributed by atoms with E-state index in [1.165, 1.54) is 77.9 Å². The van der Waals surface area contributed by atoms with Gasteiger partial charge in [-0.3, -0.25) is 0 Å². The van der Waals surface area contributed by atoms with Crippen LogP contribution < -0.4 is 10.6 Å². The van der Waals surface area contributed by atoms with Crippen LogP contribution in [-0.2, 0) is 0 Å². The molecular weight excluding hydrogens is 502 g/mol. The van der Waals surface area contributed by atoms with Gasteiger partial charge in [0.25, 0.3) is 0 Å². The molecular formula is C16H28I2N4. The van der Waals surface area contributed by atoms with Gasteiger partial charge in [-0.05, 0) is 61.9 Å². The number of piperidine rings is 3. The molecule has 4 aliphatic rings. The van der Waals surface area contributed by atoms with E-state index in [9.17, 15) is 0 Å². The highest BCUT2D eigenvalue weighted by Gasteiger charge is 2.52. The molecule has 4 fully saturated rings. The zero-order valence-electron chi connectivity index (χ0n) is 13.3. The molecule has 4 aliphatic heterocycles. The molecule has 22 heavy (non-hydrogen) atoms. The standard InChI is InChI=1S/C16H28I2N4/c17-21-7-4-16(1-5-19-6-2-16)13(10-21)14-9-15(11-20-12-15)3-8-22(14)18/h13-14,19-20H,1-12H2. The van der Waals surface area contributed by atoms with E-state index < -0.39 is 0 Å². The molecule has 0 amide bonds. The summed E-state index contributed by atoms with van der Waals surface area (Å²) in [5.41, 5.74) is 1.24. The van der Waals surface area contributed by atoms with E-state index in [1.54, 1.807) is 0 Å². The Hall–Kier alpha value is 1.30. The summed E-state index contributed by atoms with van der Waals surface area (Å²) < 4.78 is 5.26. The van der Waals surface area contributed by atoms with Crippen molar-refractivity contribution >= 4 is 45.7 Å². The Balaban J connectivity index is 1.58. The second-order valence-corrected chi connectivity index (χ2v) is 10.7. The topological polar surface area (TPSA) is 30.5 Å². The van der Waals surface area contributed by atoms with Crippen LogP contribution in [0.25, 0.3) is 0 Å². The summed E-state index contributed by atoms with van der Waals surface area (Å²) in [5.74, 6) is 0.856. The van der Waals surface area contributed by atoms with Gasteiger partial charge in [-0.25, -0.2) is 6.23 Å². The van der Waals surface area contributed by atoms with Gasteiger partial charge in [0.2, 0.25) is 0 Å². The third-order valence-electron chi connectivity index (χ3n) is 6.96. The van der Waals surface area contributed by atoms with Crippen molar-refractivity contribution in [1.82, 2.24) is 16.9 Å². The molecule has 4 saturated heterocycles. The zero-order valence-corrected chi connectivity index (χ0v) is 17.6. The molecule has 0 aromatic rings. The first kappa shape index (κ1) is 16.8. The lowest BCUT2D eigenvalue weighted by Gasteiger charge is -2.58. The van der Waals surface area contributed by atoms with Crippen LogP contribution in [-0.4, -0.2) is 58.1 Å². The minimum atomic E-state index is 0.608. The van der Waals surface area contributed by atoms with Gasteiger partial charge in [-0.2, -0.15) is 0 Å². The van der Waals surface area contributed by atoms with Crippen LogP contribution in [0, 0.1) is 16.7 Å². The highest BCUT2D eigenvalue weighted by Crippen LogP contribution is 2.51. The average Bonchev–Trinajstić information content (AvgIpc) is 2.50. The Morgan fingerprint density at radius 3 is 2.36 bits per heavy atom. The summed E-state index contributed by atoms with van der Waals surface area (Å²) in [5, 5.41) is 7.15. The lowest BCUT2D eigenvalue weighted by Crippen LogP contribution is -2.63. The van der Waals surface area contributed by atoms with E-state index in [2.05, 4.69) is 62.6 Å². The van der Waals surface area contributed by atoms with Crippen molar-refractivity contribution < 1.29 is 0 Å². The van der Waals surface area contributed by atoms with Gasteiger partial charge in [0, 0.05) is 84.5 Å². The SMILES string of the molecule is IN1CCC2(CCNCC2)C(C2CC3(CCN2I)CNC3)C1. The molecule has 4 rings (SSSR count).